The van der Waals surface area contributed by atoms with Crippen molar-refractivity contribution < 1.29 is 45.3 Å². The van der Waals surface area contributed by atoms with Crippen LogP contribution in [0.3, 0.4) is 0 Å². The van der Waals surface area contributed by atoms with Crippen molar-refractivity contribution >= 4 is 11.8 Å². The zero-order valence-electron chi connectivity index (χ0n) is 27.8. The molecule has 264 valence electrons. The standard InChI is InChI=1S/C38H40F6O4S/c1-5-35(31-21-27(13-19-33(31)47-23-45-7-3)25-9-15-29(16-10-25)37(39,40)41)49-36(6-2)32-22-28(14-20-34(32)48-24-46-8-4)26-11-17-30(18-12-26)38(42,43)44/h9-22,35-36H,5-8,23-24H2,1-4H3. The van der Waals surface area contributed by atoms with E-state index in [1.165, 1.54) is 24.3 Å². The molecule has 4 aromatic carbocycles. The summed E-state index contributed by atoms with van der Waals surface area (Å²) in [7, 11) is 0. The van der Waals surface area contributed by atoms with Crippen molar-refractivity contribution in [2.24, 2.45) is 0 Å². The van der Waals surface area contributed by atoms with Gasteiger partial charge in [0.25, 0.3) is 0 Å². The Bertz CT molecular complexity index is 1500. The largest absolute Gasteiger partial charge is 0.467 e. The SMILES string of the molecule is CCOCOc1ccc(-c2ccc(C(F)(F)F)cc2)cc1C(CC)SC(CC)c1cc(-c2ccc(C(F)(F)F)cc2)ccc1OCOCC. The Morgan fingerprint density at radius 1 is 0.510 bits per heavy atom. The van der Waals surface area contributed by atoms with Gasteiger partial charge in [0.2, 0.25) is 0 Å². The highest BCUT2D eigenvalue weighted by molar-refractivity contribution is 7.99. The zero-order valence-corrected chi connectivity index (χ0v) is 28.6. The Balaban J connectivity index is 1.73. The van der Waals surface area contributed by atoms with Crippen LogP contribution in [0.2, 0.25) is 0 Å². The molecule has 0 aliphatic heterocycles. The Labute approximate surface area is 287 Å². The minimum Gasteiger partial charge on any atom is -0.467 e. The highest BCUT2D eigenvalue weighted by Crippen LogP contribution is 2.50. The first kappa shape index (κ1) is 38.1. The molecular weight excluding hydrogens is 666 g/mol. The smallest absolute Gasteiger partial charge is 0.416 e. The second-order valence-electron chi connectivity index (χ2n) is 11.1. The van der Waals surface area contributed by atoms with Crippen molar-refractivity contribution in [3.63, 3.8) is 0 Å². The highest BCUT2D eigenvalue weighted by Gasteiger charge is 2.31. The monoisotopic (exact) mass is 706 g/mol. The fourth-order valence-corrected chi connectivity index (χ4v) is 6.72. The average Bonchev–Trinajstić information content (AvgIpc) is 3.09. The normalized spacial score (nSPS) is 13.3. The van der Waals surface area contributed by atoms with Gasteiger partial charge in [-0.2, -0.15) is 26.3 Å². The van der Waals surface area contributed by atoms with Gasteiger partial charge in [-0.05, 0) is 97.5 Å². The van der Waals surface area contributed by atoms with E-state index in [0.29, 0.717) is 48.7 Å². The first-order valence-corrected chi connectivity index (χ1v) is 17.0. The number of thioether (sulfide) groups is 1. The number of hydrogen-bond donors (Lipinski definition) is 0. The Morgan fingerprint density at radius 3 is 1.16 bits per heavy atom. The second kappa shape index (κ2) is 17.3. The molecule has 11 heteroatoms. The van der Waals surface area contributed by atoms with Gasteiger partial charge in [0, 0.05) is 34.8 Å². The van der Waals surface area contributed by atoms with Crippen LogP contribution in [0.25, 0.3) is 22.3 Å². The van der Waals surface area contributed by atoms with Crippen LogP contribution < -0.4 is 9.47 Å². The molecule has 4 rings (SSSR count). The molecule has 0 heterocycles. The van der Waals surface area contributed by atoms with E-state index >= 15 is 0 Å². The first-order valence-electron chi connectivity index (χ1n) is 16.1. The van der Waals surface area contributed by atoms with Gasteiger partial charge in [-0.25, -0.2) is 0 Å². The predicted octanol–water partition coefficient (Wildman–Crippen LogP) is 12.1. The predicted molar refractivity (Wildman–Crippen MR) is 182 cm³/mol. The minimum atomic E-state index is -4.44. The van der Waals surface area contributed by atoms with Crippen LogP contribution in [0.15, 0.2) is 84.9 Å². The molecule has 0 spiro atoms. The molecule has 2 unspecified atom stereocenters. The summed E-state index contributed by atoms with van der Waals surface area (Å²) < 4.78 is 102. The Morgan fingerprint density at radius 2 is 0.857 bits per heavy atom. The van der Waals surface area contributed by atoms with Gasteiger partial charge in [0.05, 0.1) is 11.1 Å². The topological polar surface area (TPSA) is 36.9 Å². The lowest BCUT2D eigenvalue weighted by Crippen LogP contribution is -2.08. The van der Waals surface area contributed by atoms with Crippen molar-refractivity contribution in [1.82, 2.24) is 0 Å². The molecule has 0 aliphatic carbocycles. The molecular formula is C38H40F6O4S. The number of benzene rings is 4. The number of hydrogen-bond acceptors (Lipinski definition) is 5. The molecule has 0 amide bonds. The third-order valence-electron chi connectivity index (χ3n) is 7.88. The molecule has 0 aromatic heterocycles. The maximum atomic E-state index is 13.2. The van der Waals surface area contributed by atoms with E-state index in [2.05, 4.69) is 0 Å². The van der Waals surface area contributed by atoms with E-state index in [1.807, 2.05) is 64.1 Å². The average molecular weight is 707 g/mol. The van der Waals surface area contributed by atoms with Crippen molar-refractivity contribution in [3.8, 4) is 33.8 Å². The van der Waals surface area contributed by atoms with Crippen LogP contribution in [0.4, 0.5) is 26.3 Å². The van der Waals surface area contributed by atoms with E-state index in [-0.39, 0.29) is 24.1 Å². The van der Waals surface area contributed by atoms with E-state index in [0.717, 1.165) is 46.5 Å². The molecule has 0 aliphatic rings. The summed E-state index contributed by atoms with van der Waals surface area (Å²) in [5.74, 6) is 1.20. The summed E-state index contributed by atoms with van der Waals surface area (Å²) in [4.78, 5) is 0. The number of halogens is 6. The summed E-state index contributed by atoms with van der Waals surface area (Å²) in [6.45, 7) is 8.81. The molecule has 0 fully saturated rings. The van der Waals surface area contributed by atoms with Crippen LogP contribution in [0, 0.1) is 0 Å². The lowest BCUT2D eigenvalue weighted by atomic mass is 9.98. The molecule has 4 nitrogen and oxygen atoms in total. The fourth-order valence-electron chi connectivity index (χ4n) is 5.28. The summed E-state index contributed by atoms with van der Waals surface area (Å²) >= 11 is 1.68. The third-order valence-corrected chi connectivity index (χ3v) is 9.71. The van der Waals surface area contributed by atoms with E-state index in [9.17, 15) is 26.3 Å². The Kier molecular flexibility index (Phi) is 13.5. The van der Waals surface area contributed by atoms with Crippen molar-refractivity contribution in [2.45, 2.75) is 63.4 Å². The van der Waals surface area contributed by atoms with Crippen LogP contribution >= 0.6 is 11.8 Å². The second-order valence-corrected chi connectivity index (χ2v) is 12.5. The molecule has 0 bridgehead atoms. The van der Waals surface area contributed by atoms with Gasteiger partial charge < -0.3 is 18.9 Å². The summed E-state index contributed by atoms with van der Waals surface area (Å²) in [5, 5.41) is -0.240. The zero-order chi connectivity index (χ0) is 35.6. The molecule has 4 aromatic rings. The van der Waals surface area contributed by atoms with Crippen LogP contribution in [-0.4, -0.2) is 26.8 Å². The van der Waals surface area contributed by atoms with Crippen LogP contribution in [0.5, 0.6) is 11.5 Å². The van der Waals surface area contributed by atoms with Crippen LogP contribution in [-0.2, 0) is 21.8 Å². The molecule has 0 radical (unpaired) electrons. The lowest BCUT2D eigenvalue weighted by Gasteiger charge is -2.26. The third kappa shape index (κ3) is 10.2. The quantitative estimate of drug-likeness (QED) is 0.0659. The van der Waals surface area contributed by atoms with E-state index in [1.54, 1.807) is 11.8 Å². The molecule has 0 N–H and O–H groups in total. The Hall–Kier alpha value is -3.67. The van der Waals surface area contributed by atoms with Crippen molar-refractivity contribution in [1.29, 1.82) is 0 Å². The first-order chi connectivity index (χ1) is 23.4. The van der Waals surface area contributed by atoms with Gasteiger partial charge >= 0.3 is 12.4 Å². The summed E-state index contributed by atoms with van der Waals surface area (Å²) in [6.07, 6.45) is -7.49. The van der Waals surface area contributed by atoms with Gasteiger partial charge in [0.1, 0.15) is 11.5 Å². The molecule has 49 heavy (non-hydrogen) atoms. The summed E-state index contributed by atoms with van der Waals surface area (Å²) in [6, 6.07) is 21.3. The number of rotatable bonds is 16. The van der Waals surface area contributed by atoms with Gasteiger partial charge in [-0.1, -0.05) is 50.2 Å². The van der Waals surface area contributed by atoms with E-state index < -0.39 is 23.5 Å². The fraction of sp³-hybridized carbons (Fsp3) is 0.368. The highest BCUT2D eigenvalue weighted by atomic mass is 32.2. The number of alkyl halides is 6. The maximum absolute atomic E-state index is 13.2. The maximum Gasteiger partial charge on any atom is 0.416 e. The van der Waals surface area contributed by atoms with Gasteiger partial charge in [-0.3, -0.25) is 0 Å². The van der Waals surface area contributed by atoms with Crippen molar-refractivity contribution in [3.05, 3.63) is 107 Å². The van der Waals surface area contributed by atoms with Gasteiger partial charge in [0.15, 0.2) is 13.6 Å². The van der Waals surface area contributed by atoms with E-state index in [4.69, 9.17) is 18.9 Å². The summed E-state index contributed by atoms with van der Waals surface area (Å²) in [5.41, 5.74) is 3.03. The lowest BCUT2D eigenvalue weighted by molar-refractivity contribution is -0.138. The molecule has 2 atom stereocenters. The molecule has 0 saturated heterocycles. The van der Waals surface area contributed by atoms with Crippen molar-refractivity contribution in [2.75, 3.05) is 26.8 Å². The van der Waals surface area contributed by atoms with Crippen LogP contribution in [0.1, 0.15) is 73.3 Å². The minimum absolute atomic E-state index is 0.0338. The van der Waals surface area contributed by atoms with Gasteiger partial charge in [-0.15, -0.1) is 11.8 Å². The molecule has 0 saturated carbocycles. The number of ether oxygens (including phenoxy) is 4.